The molecule has 112 valence electrons. The number of carbonyl (C=O) groups is 1. The van der Waals surface area contributed by atoms with Crippen LogP contribution in [-0.2, 0) is 4.79 Å². The van der Waals surface area contributed by atoms with Gasteiger partial charge in [0, 0.05) is 6.54 Å². The first-order valence-corrected chi connectivity index (χ1v) is 8.90. The van der Waals surface area contributed by atoms with Gasteiger partial charge >= 0.3 is 0 Å². The highest BCUT2D eigenvalue weighted by Gasteiger charge is 2.38. The Morgan fingerprint density at radius 2 is 1.84 bits per heavy atom. The van der Waals surface area contributed by atoms with Gasteiger partial charge in [0.15, 0.2) is 0 Å². The molecule has 2 unspecified atom stereocenters. The number of amides is 1. The van der Waals surface area contributed by atoms with Crippen molar-refractivity contribution < 1.29 is 4.79 Å². The van der Waals surface area contributed by atoms with Crippen LogP contribution in [-0.4, -0.2) is 41.6 Å². The van der Waals surface area contributed by atoms with Crippen LogP contribution in [0.4, 0.5) is 0 Å². The molecular formula is C15H30N2OS. The highest BCUT2D eigenvalue weighted by molar-refractivity contribution is 7.98. The lowest BCUT2D eigenvalue weighted by molar-refractivity contribution is -0.130. The number of nitrogens with zero attached hydrogens (tertiary/aromatic N) is 1. The summed E-state index contributed by atoms with van der Waals surface area (Å²) in [5, 5.41) is 3.55. The van der Waals surface area contributed by atoms with E-state index in [-0.39, 0.29) is 12.2 Å². The van der Waals surface area contributed by atoms with Crippen molar-refractivity contribution >= 4 is 17.7 Å². The van der Waals surface area contributed by atoms with Gasteiger partial charge in [0.2, 0.25) is 5.91 Å². The predicted molar refractivity (Wildman–Crippen MR) is 84.3 cm³/mol. The standard InChI is InChI=1S/C15H30N2OS/c1-11(2)9-13-15(18)17(7-6-8-19-5)14(16-13)10-12(3)4/h11-14,16H,6-10H2,1-5H3. The molecular weight excluding hydrogens is 256 g/mol. The normalized spacial score (nSPS) is 23.9. The van der Waals surface area contributed by atoms with Gasteiger partial charge in [0.1, 0.15) is 0 Å². The van der Waals surface area contributed by atoms with Gasteiger partial charge in [-0.2, -0.15) is 11.8 Å². The highest BCUT2D eigenvalue weighted by Crippen LogP contribution is 2.21. The molecule has 1 aliphatic rings. The lowest BCUT2D eigenvalue weighted by Crippen LogP contribution is -2.39. The van der Waals surface area contributed by atoms with Gasteiger partial charge in [-0.3, -0.25) is 10.1 Å². The van der Waals surface area contributed by atoms with Crippen LogP contribution in [0.25, 0.3) is 0 Å². The van der Waals surface area contributed by atoms with E-state index in [9.17, 15) is 4.79 Å². The SMILES string of the molecule is CSCCCN1C(=O)C(CC(C)C)NC1CC(C)C. The molecule has 3 nitrogen and oxygen atoms in total. The third-order valence-corrected chi connectivity index (χ3v) is 4.20. The second-order valence-electron chi connectivity index (χ2n) is 6.37. The zero-order valence-electron chi connectivity index (χ0n) is 13.1. The molecule has 19 heavy (non-hydrogen) atoms. The Hall–Kier alpha value is -0.220. The van der Waals surface area contributed by atoms with E-state index in [1.165, 1.54) is 0 Å². The highest BCUT2D eigenvalue weighted by atomic mass is 32.2. The molecule has 0 saturated carbocycles. The van der Waals surface area contributed by atoms with Crippen LogP contribution in [0.3, 0.4) is 0 Å². The fourth-order valence-electron chi connectivity index (χ4n) is 2.67. The van der Waals surface area contributed by atoms with Crippen molar-refractivity contribution in [1.82, 2.24) is 10.2 Å². The summed E-state index contributed by atoms with van der Waals surface area (Å²) < 4.78 is 0. The number of carbonyl (C=O) groups excluding carboxylic acids is 1. The average molecular weight is 286 g/mol. The topological polar surface area (TPSA) is 32.3 Å². The first kappa shape index (κ1) is 16.8. The number of hydrogen-bond donors (Lipinski definition) is 1. The van der Waals surface area contributed by atoms with Gasteiger partial charge in [0.05, 0.1) is 12.2 Å². The Morgan fingerprint density at radius 1 is 1.21 bits per heavy atom. The first-order chi connectivity index (χ1) is 8.95. The van der Waals surface area contributed by atoms with Crippen LogP contribution in [0.1, 0.15) is 47.0 Å². The van der Waals surface area contributed by atoms with Gasteiger partial charge < -0.3 is 4.90 Å². The summed E-state index contributed by atoms with van der Waals surface area (Å²) in [4.78, 5) is 14.6. The fourth-order valence-corrected chi connectivity index (χ4v) is 3.09. The summed E-state index contributed by atoms with van der Waals surface area (Å²) in [5.41, 5.74) is 0. The molecule has 1 N–H and O–H groups in total. The molecule has 0 radical (unpaired) electrons. The molecule has 0 aromatic carbocycles. The Morgan fingerprint density at radius 3 is 2.37 bits per heavy atom. The molecule has 0 aromatic rings. The molecule has 4 heteroatoms. The Kier molecular flexibility index (Phi) is 7.22. The lowest BCUT2D eigenvalue weighted by Gasteiger charge is -2.25. The number of nitrogens with one attached hydrogen (secondary N) is 1. The maximum Gasteiger partial charge on any atom is 0.241 e. The van der Waals surface area contributed by atoms with E-state index in [1.54, 1.807) is 0 Å². The minimum absolute atomic E-state index is 0.0398. The molecule has 1 aliphatic heterocycles. The molecule has 0 aromatic heterocycles. The summed E-state index contributed by atoms with van der Waals surface area (Å²) in [6, 6.07) is 0.0398. The second-order valence-corrected chi connectivity index (χ2v) is 7.36. The van der Waals surface area contributed by atoms with E-state index >= 15 is 0 Å². The summed E-state index contributed by atoms with van der Waals surface area (Å²) in [6.07, 6.45) is 5.47. The number of rotatable bonds is 8. The van der Waals surface area contributed by atoms with E-state index in [0.29, 0.717) is 17.7 Å². The number of thioether (sulfide) groups is 1. The Balaban J connectivity index is 2.62. The van der Waals surface area contributed by atoms with E-state index in [0.717, 1.165) is 31.6 Å². The third-order valence-electron chi connectivity index (χ3n) is 3.50. The maximum atomic E-state index is 12.5. The molecule has 0 bridgehead atoms. The number of hydrogen-bond acceptors (Lipinski definition) is 3. The minimum Gasteiger partial charge on any atom is -0.326 e. The molecule has 1 heterocycles. The van der Waals surface area contributed by atoms with Crippen LogP contribution in [0.5, 0.6) is 0 Å². The van der Waals surface area contributed by atoms with Gasteiger partial charge in [-0.15, -0.1) is 0 Å². The third kappa shape index (κ3) is 5.35. The van der Waals surface area contributed by atoms with Gasteiger partial charge in [0.25, 0.3) is 0 Å². The summed E-state index contributed by atoms with van der Waals surface area (Å²) >= 11 is 1.85. The van der Waals surface area contributed by atoms with Crippen molar-refractivity contribution in [3.05, 3.63) is 0 Å². The monoisotopic (exact) mass is 286 g/mol. The smallest absolute Gasteiger partial charge is 0.241 e. The molecule has 0 spiro atoms. The van der Waals surface area contributed by atoms with Crippen molar-refractivity contribution in [3.63, 3.8) is 0 Å². The van der Waals surface area contributed by atoms with E-state index in [2.05, 4.69) is 44.2 Å². The van der Waals surface area contributed by atoms with Crippen LogP contribution in [0, 0.1) is 11.8 Å². The van der Waals surface area contributed by atoms with Crippen LogP contribution < -0.4 is 5.32 Å². The van der Waals surface area contributed by atoms with Crippen LogP contribution in [0.15, 0.2) is 0 Å². The van der Waals surface area contributed by atoms with Gasteiger partial charge in [-0.1, -0.05) is 27.7 Å². The van der Waals surface area contributed by atoms with Crippen LogP contribution >= 0.6 is 11.8 Å². The molecule has 1 fully saturated rings. The lowest BCUT2D eigenvalue weighted by atomic mass is 10.0. The molecule has 0 aliphatic carbocycles. The first-order valence-electron chi connectivity index (χ1n) is 7.51. The van der Waals surface area contributed by atoms with Crippen molar-refractivity contribution in [2.75, 3.05) is 18.6 Å². The van der Waals surface area contributed by atoms with Gasteiger partial charge in [-0.25, -0.2) is 0 Å². The fraction of sp³-hybridized carbons (Fsp3) is 0.933. The quantitative estimate of drug-likeness (QED) is 0.696. The second kappa shape index (κ2) is 8.15. The van der Waals surface area contributed by atoms with Crippen molar-refractivity contribution in [3.8, 4) is 0 Å². The summed E-state index contributed by atoms with van der Waals surface area (Å²) in [7, 11) is 0. The van der Waals surface area contributed by atoms with Crippen LogP contribution in [0.2, 0.25) is 0 Å². The minimum atomic E-state index is 0.0398. The largest absolute Gasteiger partial charge is 0.326 e. The van der Waals surface area contributed by atoms with Crippen molar-refractivity contribution in [1.29, 1.82) is 0 Å². The molecule has 1 amide bonds. The Bertz CT molecular complexity index is 281. The Labute approximate surface area is 122 Å². The van der Waals surface area contributed by atoms with E-state index < -0.39 is 0 Å². The average Bonchev–Trinajstić information content (AvgIpc) is 2.56. The van der Waals surface area contributed by atoms with Crippen molar-refractivity contribution in [2.24, 2.45) is 11.8 Å². The maximum absolute atomic E-state index is 12.5. The predicted octanol–water partition coefficient (Wildman–Crippen LogP) is 2.96. The summed E-state index contributed by atoms with van der Waals surface area (Å²) in [5.74, 6) is 2.63. The van der Waals surface area contributed by atoms with E-state index in [4.69, 9.17) is 0 Å². The zero-order chi connectivity index (χ0) is 14.4. The van der Waals surface area contributed by atoms with Crippen molar-refractivity contribution in [2.45, 2.75) is 59.2 Å². The van der Waals surface area contributed by atoms with Gasteiger partial charge in [-0.05, 0) is 43.1 Å². The zero-order valence-corrected chi connectivity index (χ0v) is 13.9. The molecule has 1 rings (SSSR count). The van der Waals surface area contributed by atoms with E-state index in [1.807, 2.05) is 11.8 Å². The molecule has 2 atom stereocenters. The molecule has 1 saturated heterocycles. The summed E-state index contributed by atoms with van der Waals surface area (Å²) in [6.45, 7) is 9.72.